The first-order chi connectivity index (χ1) is 10.1. The Bertz CT molecular complexity index is 541. The van der Waals surface area contributed by atoms with Crippen LogP contribution < -0.4 is 14.9 Å². The summed E-state index contributed by atoms with van der Waals surface area (Å²) in [6.07, 6.45) is -0.0828. The molecule has 0 radical (unpaired) electrons. The molecular weight excluding hydrogens is 286 g/mol. The highest BCUT2D eigenvalue weighted by Gasteiger charge is 2.53. The lowest BCUT2D eigenvalue weighted by Crippen LogP contribution is -2.41. The van der Waals surface area contributed by atoms with E-state index in [1.165, 1.54) is 19.2 Å². The topological polar surface area (TPSA) is 36.9 Å². The predicted octanol–water partition coefficient (Wildman–Crippen LogP) is 2.92. The van der Waals surface area contributed by atoms with Crippen LogP contribution in [0.5, 0.6) is 11.5 Å². The normalized spacial score (nSPS) is 19.6. The van der Waals surface area contributed by atoms with Crippen LogP contribution in [-0.4, -0.2) is 31.5 Å². The highest BCUT2D eigenvalue weighted by atomic mass is 19.1. The largest absolute Gasteiger partial charge is 0.498 e. The molecule has 0 aliphatic carbocycles. The third-order valence-electron chi connectivity index (χ3n) is 4.13. The monoisotopic (exact) mass is 310 g/mol. The second-order valence-electron chi connectivity index (χ2n) is 6.78. The lowest BCUT2D eigenvalue weighted by atomic mass is 9.78. The molecule has 0 aromatic heterocycles. The first-order valence-corrected chi connectivity index (χ1v) is 7.47. The molecule has 0 bridgehead atoms. The lowest BCUT2D eigenvalue weighted by Gasteiger charge is -2.32. The van der Waals surface area contributed by atoms with E-state index in [-0.39, 0.29) is 6.10 Å². The SMILES string of the molecule is COc1cc(F)cc(B2OC(C)(C)C(C)(C)O2)c1OC(C)C. The first-order valence-electron chi connectivity index (χ1n) is 7.47. The number of ether oxygens (including phenoxy) is 2. The van der Waals surface area contributed by atoms with Gasteiger partial charge in [-0.25, -0.2) is 4.39 Å². The molecule has 0 unspecified atom stereocenters. The van der Waals surface area contributed by atoms with Crippen molar-refractivity contribution in [1.29, 1.82) is 0 Å². The Morgan fingerprint density at radius 3 is 2.09 bits per heavy atom. The van der Waals surface area contributed by atoms with Gasteiger partial charge >= 0.3 is 7.12 Å². The molecule has 0 spiro atoms. The zero-order chi connectivity index (χ0) is 16.7. The zero-order valence-electron chi connectivity index (χ0n) is 14.3. The third-order valence-corrected chi connectivity index (χ3v) is 4.13. The fraction of sp³-hybridized carbons (Fsp3) is 0.625. The Morgan fingerprint density at radius 2 is 1.64 bits per heavy atom. The molecule has 1 fully saturated rings. The van der Waals surface area contributed by atoms with Gasteiger partial charge in [0.15, 0.2) is 11.5 Å². The van der Waals surface area contributed by atoms with Gasteiger partial charge in [0.1, 0.15) is 5.82 Å². The Balaban J connectivity index is 2.48. The van der Waals surface area contributed by atoms with Crippen LogP contribution >= 0.6 is 0 Å². The molecule has 1 heterocycles. The van der Waals surface area contributed by atoms with Gasteiger partial charge in [0, 0.05) is 11.5 Å². The number of hydrogen-bond donors (Lipinski definition) is 0. The number of methoxy groups -OCH3 is 1. The van der Waals surface area contributed by atoms with Gasteiger partial charge in [0.05, 0.1) is 24.4 Å². The van der Waals surface area contributed by atoms with Crippen molar-refractivity contribution in [2.45, 2.75) is 58.8 Å². The van der Waals surface area contributed by atoms with Crippen LogP contribution in [0, 0.1) is 5.82 Å². The van der Waals surface area contributed by atoms with Crippen molar-refractivity contribution in [3.63, 3.8) is 0 Å². The number of hydrogen-bond acceptors (Lipinski definition) is 4. The number of halogens is 1. The minimum Gasteiger partial charge on any atom is -0.493 e. The number of rotatable bonds is 4. The molecule has 0 atom stereocenters. The summed E-state index contributed by atoms with van der Waals surface area (Å²) >= 11 is 0. The van der Waals surface area contributed by atoms with Crippen LogP contribution in [0.4, 0.5) is 4.39 Å². The molecule has 6 heteroatoms. The van der Waals surface area contributed by atoms with Crippen LogP contribution in [0.2, 0.25) is 0 Å². The fourth-order valence-electron chi connectivity index (χ4n) is 2.25. The van der Waals surface area contributed by atoms with Gasteiger partial charge in [0.25, 0.3) is 0 Å². The van der Waals surface area contributed by atoms with E-state index in [2.05, 4.69) is 0 Å². The third kappa shape index (κ3) is 3.08. The summed E-state index contributed by atoms with van der Waals surface area (Å²) in [6, 6.07) is 2.68. The molecule has 4 nitrogen and oxygen atoms in total. The summed E-state index contributed by atoms with van der Waals surface area (Å²) in [5.41, 5.74) is -0.511. The molecule has 22 heavy (non-hydrogen) atoms. The van der Waals surface area contributed by atoms with Crippen molar-refractivity contribution in [1.82, 2.24) is 0 Å². The van der Waals surface area contributed by atoms with E-state index in [9.17, 15) is 4.39 Å². The Kier molecular flexibility index (Phi) is 4.46. The van der Waals surface area contributed by atoms with Gasteiger partial charge in [-0.2, -0.15) is 0 Å². The summed E-state index contributed by atoms with van der Waals surface area (Å²) in [6.45, 7) is 11.6. The maximum Gasteiger partial charge on any atom is 0.498 e. The van der Waals surface area contributed by atoms with E-state index < -0.39 is 24.1 Å². The van der Waals surface area contributed by atoms with Crippen molar-refractivity contribution >= 4 is 12.6 Å². The van der Waals surface area contributed by atoms with Crippen LogP contribution in [0.15, 0.2) is 12.1 Å². The minimum absolute atomic E-state index is 0.0828. The molecule has 1 saturated heterocycles. The summed E-state index contributed by atoms with van der Waals surface area (Å²) in [5.74, 6) is 0.369. The second-order valence-corrected chi connectivity index (χ2v) is 6.78. The predicted molar refractivity (Wildman–Crippen MR) is 84.4 cm³/mol. The van der Waals surface area contributed by atoms with Crippen molar-refractivity contribution < 1.29 is 23.2 Å². The Morgan fingerprint density at radius 1 is 1.09 bits per heavy atom. The van der Waals surface area contributed by atoms with E-state index >= 15 is 0 Å². The molecule has 122 valence electrons. The zero-order valence-corrected chi connectivity index (χ0v) is 14.3. The van der Waals surface area contributed by atoms with Crippen LogP contribution in [0.3, 0.4) is 0 Å². The van der Waals surface area contributed by atoms with Crippen LogP contribution in [0.25, 0.3) is 0 Å². The molecular formula is C16H24BFO4. The van der Waals surface area contributed by atoms with E-state index in [0.717, 1.165) is 0 Å². The molecule has 1 aliphatic rings. The standard InChI is InChI=1S/C16H24BFO4/c1-10(2)20-14-12(8-11(18)9-13(14)19-7)17-21-15(3,4)16(5,6)22-17/h8-10H,1-7H3. The second kappa shape index (κ2) is 5.74. The minimum atomic E-state index is -0.705. The molecule has 2 rings (SSSR count). The summed E-state index contributed by atoms with van der Waals surface area (Å²) in [4.78, 5) is 0. The average molecular weight is 310 g/mol. The fourth-order valence-corrected chi connectivity index (χ4v) is 2.25. The van der Waals surface area contributed by atoms with E-state index in [1.807, 2.05) is 41.5 Å². The van der Waals surface area contributed by atoms with Crippen molar-refractivity contribution in [3.8, 4) is 11.5 Å². The van der Waals surface area contributed by atoms with E-state index in [4.69, 9.17) is 18.8 Å². The molecule has 1 aromatic carbocycles. The Labute approximate surface area is 132 Å². The highest BCUT2D eigenvalue weighted by Crippen LogP contribution is 2.38. The smallest absolute Gasteiger partial charge is 0.493 e. The summed E-state index contributed by atoms with van der Waals surface area (Å²) in [5, 5.41) is 0. The van der Waals surface area contributed by atoms with E-state index in [1.54, 1.807) is 0 Å². The maximum absolute atomic E-state index is 13.9. The molecule has 0 saturated carbocycles. The van der Waals surface area contributed by atoms with Gasteiger partial charge in [-0.1, -0.05) is 0 Å². The Hall–Kier alpha value is -1.27. The van der Waals surface area contributed by atoms with Gasteiger partial charge in [0.2, 0.25) is 0 Å². The van der Waals surface area contributed by atoms with Crippen LogP contribution in [0.1, 0.15) is 41.5 Å². The summed E-state index contributed by atoms with van der Waals surface area (Å²) < 4.78 is 37.0. The molecule has 1 aromatic rings. The van der Waals surface area contributed by atoms with Crippen molar-refractivity contribution in [3.05, 3.63) is 17.9 Å². The number of benzene rings is 1. The van der Waals surface area contributed by atoms with Crippen molar-refractivity contribution in [2.75, 3.05) is 7.11 Å². The van der Waals surface area contributed by atoms with Crippen LogP contribution in [-0.2, 0) is 9.31 Å². The van der Waals surface area contributed by atoms with Crippen molar-refractivity contribution in [2.24, 2.45) is 0 Å². The molecule has 0 N–H and O–H groups in total. The quantitative estimate of drug-likeness (QED) is 0.801. The van der Waals surface area contributed by atoms with Gasteiger partial charge in [-0.05, 0) is 47.6 Å². The van der Waals surface area contributed by atoms with Gasteiger partial charge in [-0.15, -0.1) is 0 Å². The molecule has 0 amide bonds. The maximum atomic E-state index is 13.9. The summed E-state index contributed by atoms with van der Waals surface area (Å²) in [7, 11) is 0.777. The highest BCUT2D eigenvalue weighted by molar-refractivity contribution is 6.63. The average Bonchev–Trinajstić information content (AvgIpc) is 2.59. The van der Waals surface area contributed by atoms with Gasteiger partial charge < -0.3 is 18.8 Å². The molecule has 1 aliphatic heterocycles. The lowest BCUT2D eigenvalue weighted by molar-refractivity contribution is 0.00578. The first kappa shape index (κ1) is 17.1. The van der Waals surface area contributed by atoms with E-state index in [0.29, 0.717) is 17.0 Å². The van der Waals surface area contributed by atoms with Gasteiger partial charge in [-0.3, -0.25) is 0 Å².